The van der Waals surface area contributed by atoms with Gasteiger partial charge in [-0.05, 0) is 38.0 Å². The molecule has 2 heterocycles. The van der Waals surface area contributed by atoms with Crippen LogP contribution in [-0.2, 0) is 9.53 Å². The van der Waals surface area contributed by atoms with Gasteiger partial charge in [-0.15, -0.1) is 0 Å². The normalized spacial score (nSPS) is 22.6. The third-order valence-corrected chi connectivity index (χ3v) is 3.79. The molecule has 1 aromatic rings. The Hall–Kier alpha value is -1.88. The molecule has 1 unspecified atom stereocenters. The Morgan fingerprint density at radius 3 is 2.80 bits per heavy atom. The number of fused-ring (bicyclic) bond motifs is 1. The first-order valence-corrected chi connectivity index (χ1v) is 6.88. The number of anilines is 1. The Morgan fingerprint density at radius 2 is 2.05 bits per heavy atom. The maximum atomic E-state index is 12.4. The molecule has 0 saturated carbocycles. The summed E-state index contributed by atoms with van der Waals surface area (Å²) in [6.45, 7) is 2.97. The van der Waals surface area contributed by atoms with E-state index in [1.165, 1.54) is 0 Å². The van der Waals surface area contributed by atoms with Gasteiger partial charge >= 0.3 is 0 Å². The van der Waals surface area contributed by atoms with Gasteiger partial charge in [0.05, 0.1) is 5.69 Å². The number of carbonyl (C=O) groups is 2. The first-order chi connectivity index (χ1) is 9.65. The summed E-state index contributed by atoms with van der Waals surface area (Å²) in [5.74, 6) is 0.554. The van der Waals surface area contributed by atoms with Gasteiger partial charge in [0.15, 0.2) is 11.9 Å². The molecule has 0 aliphatic carbocycles. The molecular formula is C15H17NO4. The van der Waals surface area contributed by atoms with E-state index < -0.39 is 6.10 Å². The van der Waals surface area contributed by atoms with Crippen molar-refractivity contribution in [3.63, 3.8) is 0 Å². The minimum absolute atomic E-state index is 0.0148. The standard InChI is InChI=1S/C15H17NO4/c1-9-15(18)16-12-8-11(2-3-13(12)20-9)14(17)10-4-6-19-7-5-10/h2-3,8-10H,4-7H2,1H3,(H,16,18). The van der Waals surface area contributed by atoms with E-state index in [0.29, 0.717) is 30.2 Å². The SMILES string of the molecule is CC1Oc2ccc(C(=O)C3CCOCC3)cc2NC1=O. The Labute approximate surface area is 117 Å². The first kappa shape index (κ1) is 13.1. The Bertz CT molecular complexity index is 549. The van der Waals surface area contributed by atoms with Crippen molar-refractivity contribution >= 4 is 17.4 Å². The monoisotopic (exact) mass is 275 g/mol. The average molecular weight is 275 g/mol. The molecular weight excluding hydrogens is 258 g/mol. The van der Waals surface area contributed by atoms with Crippen molar-refractivity contribution in [1.29, 1.82) is 0 Å². The van der Waals surface area contributed by atoms with Gasteiger partial charge < -0.3 is 14.8 Å². The molecule has 1 amide bonds. The molecule has 106 valence electrons. The summed E-state index contributed by atoms with van der Waals surface area (Å²) in [7, 11) is 0. The van der Waals surface area contributed by atoms with E-state index in [-0.39, 0.29) is 17.6 Å². The van der Waals surface area contributed by atoms with Gasteiger partial charge in [-0.2, -0.15) is 0 Å². The van der Waals surface area contributed by atoms with Gasteiger partial charge in [0.25, 0.3) is 5.91 Å². The highest BCUT2D eigenvalue weighted by molar-refractivity contribution is 6.02. The quantitative estimate of drug-likeness (QED) is 0.839. The highest BCUT2D eigenvalue weighted by Crippen LogP contribution is 2.32. The zero-order chi connectivity index (χ0) is 14.1. The van der Waals surface area contributed by atoms with Gasteiger partial charge in [0, 0.05) is 24.7 Å². The second-order valence-electron chi connectivity index (χ2n) is 5.21. The predicted molar refractivity (Wildman–Crippen MR) is 73.0 cm³/mol. The molecule has 1 saturated heterocycles. The van der Waals surface area contributed by atoms with Crippen LogP contribution in [0.2, 0.25) is 0 Å². The molecule has 1 atom stereocenters. The third kappa shape index (κ3) is 2.41. The average Bonchev–Trinajstić information content (AvgIpc) is 2.48. The van der Waals surface area contributed by atoms with Crippen LogP contribution in [0.5, 0.6) is 5.75 Å². The zero-order valence-electron chi connectivity index (χ0n) is 11.3. The molecule has 2 aliphatic heterocycles. The van der Waals surface area contributed by atoms with Crippen molar-refractivity contribution in [2.75, 3.05) is 18.5 Å². The highest BCUT2D eigenvalue weighted by Gasteiger charge is 2.27. The van der Waals surface area contributed by atoms with Crippen LogP contribution in [0.3, 0.4) is 0 Å². The van der Waals surface area contributed by atoms with Gasteiger partial charge in [0.2, 0.25) is 0 Å². The Morgan fingerprint density at radius 1 is 1.30 bits per heavy atom. The number of ether oxygens (including phenoxy) is 2. The molecule has 2 aliphatic rings. The molecule has 1 aromatic carbocycles. The van der Waals surface area contributed by atoms with Crippen molar-refractivity contribution in [1.82, 2.24) is 0 Å². The maximum absolute atomic E-state index is 12.4. The van der Waals surface area contributed by atoms with Crippen molar-refractivity contribution in [2.45, 2.75) is 25.9 Å². The second kappa shape index (κ2) is 5.25. The van der Waals surface area contributed by atoms with Gasteiger partial charge in [-0.3, -0.25) is 9.59 Å². The topological polar surface area (TPSA) is 64.6 Å². The molecule has 0 aromatic heterocycles. The fraction of sp³-hybridized carbons (Fsp3) is 0.467. The van der Waals surface area contributed by atoms with Crippen molar-refractivity contribution in [3.8, 4) is 5.75 Å². The summed E-state index contributed by atoms with van der Waals surface area (Å²) in [6.07, 6.45) is 1.02. The van der Waals surface area contributed by atoms with E-state index in [0.717, 1.165) is 12.8 Å². The van der Waals surface area contributed by atoms with E-state index >= 15 is 0 Å². The molecule has 1 fully saturated rings. The largest absolute Gasteiger partial charge is 0.479 e. The highest BCUT2D eigenvalue weighted by atomic mass is 16.5. The lowest BCUT2D eigenvalue weighted by atomic mass is 9.90. The van der Waals surface area contributed by atoms with Gasteiger partial charge in [0.1, 0.15) is 5.75 Å². The number of ketones is 1. The number of amides is 1. The van der Waals surface area contributed by atoms with Crippen molar-refractivity contribution < 1.29 is 19.1 Å². The van der Waals surface area contributed by atoms with Crippen molar-refractivity contribution in [3.05, 3.63) is 23.8 Å². The second-order valence-corrected chi connectivity index (χ2v) is 5.21. The minimum atomic E-state index is -0.500. The fourth-order valence-corrected chi connectivity index (χ4v) is 2.56. The molecule has 5 heteroatoms. The molecule has 3 rings (SSSR count). The summed E-state index contributed by atoms with van der Waals surface area (Å²) in [5, 5.41) is 2.77. The van der Waals surface area contributed by atoms with Gasteiger partial charge in [-0.25, -0.2) is 0 Å². The van der Waals surface area contributed by atoms with Crippen LogP contribution in [0.25, 0.3) is 0 Å². The van der Waals surface area contributed by atoms with Crippen molar-refractivity contribution in [2.24, 2.45) is 5.92 Å². The van der Waals surface area contributed by atoms with E-state index in [2.05, 4.69) is 5.32 Å². The summed E-state index contributed by atoms with van der Waals surface area (Å²) in [6, 6.07) is 5.22. The number of nitrogens with one attached hydrogen (secondary N) is 1. The smallest absolute Gasteiger partial charge is 0.265 e. The van der Waals surface area contributed by atoms with Crippen LogP contribution in [0.4, 0.5) is 5.69 Å². The van der Waals surface area contributed by atoms with E-state index in [4.69, 9.17) is 9.47 Å². The first-order valence-electron chi connectivity index (χ1n) is 6.88. The fourth-order valence-electron chi connectivity index (χ4n) is 2.56. The number of hydrogen-bond acceptors (Lipinski definition) is 4. The summed E-state index contributed by atoms with van der Waals surface area (Å²) < 4.78 is 10.8. The zero-order valence-corrected chi connectivity index (χ0v) is 11.3. The lowest BCUT2D eigenvalue weighted by Gasteiger charge is -2.25. The van der Waals surface area contributed by atoms with E-state index in [1.807, 2.05) is 0 Å². The van der Waals surface area contributed by atoms with Gasteiger partial charge in [-0.1, -0.05) is 0 Å². The molecule has 0 spiro atoms. The molecule has 5 nitrogen and oxygen atoms in total. The maximum Gasteiger partial charge on any atom is 0.265 e. The minimum Gasteiger partial charge on any atom is -0.479 e. The molecule has 1 N–H and O–H groups in total. The number of rotatable bonds is 2. The number of Topliss-reactive ketones (excluding diaryl/α,β-unsaturated/α-hetero) is 1. The number of benzene rings is 1. The lowest BCUT2D eigenvalue weighted by molar-refractivity contribution is -0.122. The lowest BCUT2D eigenvalue weighted by Crippen LogP contribution is -2.34. The Kier molecular flexibility index (Phi) is 3.44. The molecule has 0 radical (unpaired) electrons. The van der Waals surface area contributed by atoms with Crippen LogP contribution < -0.4 is 10.1 Å². The molecule has 20 heavy (non-hydrogen) atoms. The van der Waals surface area contributed by atoms with Crippen LogP contribution in [0.15, 0.2) is 18.2 Å². The van der Waals surface area contributed by atoms with Crippen LogP contribution >= 0.6 is 0 Å². The number of carbonyl (C=O) groups excluding carboxylic acids is 2. The third-order valence-electron chi connectivity index (χ3n) is 3.79. The summed E-state index contributed by atoms with van der Waals surface area (Å²) in [4.78, 5) is 24.0. The summed E-state index contributed by atoms with van der Waals surface area (Å²) >= 11 is 0. The Balaban J connectivity index is 1.83. The van der Waals surface area contributed by atoms with E-state index in [1.54, 1.807) is 25.1 Å². The predicted octanol–water partition coefficient (Wildman–Crippen LogP) is 2.02. The molecule has 0 bridgehead atoms. The van der Waals surface area contributed by atoms with Crippen LogP contribution in [0.1, 0.15) is 30.1 Å². The van der Waals surface area contributed by atoms with Crippen LogP contribution in [-0.4, -0.2) is 31.0 Å². The van der Waals surface area contributed by atoms with Crippen LogP contribution in [0, 0.1) is 5.92 Å². The van der Waals surface area contributed by atoms with E-state index in [9.17, 15) is 9.59 Å². The summed E-state index contributed by atoms with van der Waals surface area (Å²) in [5.41, 5.74) is 1.19. The number of hydrogen-bond donors (Lipinski definition) is 1.